The second kappa shape index (κ2) is 10.9. The van der Waals surface area contributed by atoms with Crippen LogP contribution in [0.15, 0.2) is 110 Å². The lowest BCUT2D eigenvalue weighted by Gasteiger charge is -2.17. The van der Waals surface area contributed by atoms with Gasteiger partial charge in [-0.15, -0.1) is 10.2 Å². The van der Waals surface area contributed by atoms with Gasteiger partial charge in [-0.05, 0) is 60.2 Å². The fraction of sp³-hybridized carbons (Fsp3) is 0. The lowest BCUT2D eigenvalue weighted by atomic mass is 9.94. The number of benzene rings is 5. The Morgan fingerprint density at radius 3 is 2.09 bits per heavy atom. The van der Waals surface area contributed by atoms with E-state index in [1.165, 1.54) is 36.4 Å². The van der Waals surface area contributed by atoms with Crippen LogP contribution in [0.4, 0.5) is 28.4 Å². The molecule has 5 aromatic rings. The van der Waals surface area contributed by atoms with E-state index >= 15 is 0 Å². The second-order valence-electron chi connectivity index (χ2n) is 9.97. The summed E-state index contributed by atoms with van der Waals surface area (Å²) in [6.07, 6.45) is 1.15. The number of nitrogens with two attached hydrogens (primary N) is 2. The molecule has 1 aliphatic rings. The van der Waals surface area contributed by atoms with Crippen molar-refractivity contribution in [2.24, 2.45) is 15.3 Å². The minimum Gasteiger partial charge on any atom is -0.399 e. The highest BCUT2D eigenvalue weighted by molar-refractivity contribution is 7.91. The monoisotopic (exact) mass is 642 g/mol. The number of carbonyl (C=O) groups excluding carboxylic acids is 1. The van der Waals surface area contributed by atoms with Gasteiger partial charge in [-0.2, -0.15) is 21.9 Å². The number of rotatable bonds is 6. The number of allylic oxidation sites excluding steroid dienone is 1. The number of ketones is 1. The fourth-order valence-corrected chi connectivity index (χ4v) is 6.09. The molecule has 0 saturated heterocycles. The SMILES string of the molecule is Nc1ccc2c(c1)C(=O)/C(=N\Nc1ccc(N=Nc3ccc(N)c4ccc(S(=O)(=O)O)cc34)c3ccccc13)C(S(=O)(=O)O)=C2. The summed E-state index contributed by atoms with van der Waals surface area (Å²) in [5.41, 5.74) is 16.2. The van der Waals surface area contributed by atoms with Crippen LogP contribution in [0.2, 0.25) is 0 Å². The zero-order valence-corrected chi connectivity index (χ0v) is 24.5. The van der Waals surface area contributed by atoms with Crippen molar-refractivity contribution < 1.29 is 30.7 Å². The number of fused-ring (bicyclic) bond motifs is 3. The van der Waals surface area contributed by atoms with Crippen LogP contribution in [0.5, 0.6) is 0 Å². The normalized spacial score (nSPS) is 14.7. The van der Waals surface area contributed by atoms with E-state index < -0.39 is 36.6 Å². The molecule has 1 aliphatic carbocycles. The third kappa shape index (κ3) is 5.63. The first-order valence-electron chi connectivity index (χ1n) is 13.0. The first-order chi connectivity index (χ1) is 21.3. The summed E-state index contributed by atoms with van der Waals surface area (Å²) in [4.78, 5) is 12.3. The predicted molar refractivity (Wildman–Crippen MR) is 172 cm³/mol. The molecule has 0 aromatic heterocycles. The molecule has 0 heterocycles. The molecule has 13 nitrogen and oxygen atoms in total. The molecule has 0 bridgehead atoms. The van der Waals surface area contributed by atoms with Crippen molar-refractivity contribution in [2.75, 3.05) is 16.9 Å². The Balaban J connectivity index is 1.40. The highest BCUT2D eigenvalue weighted by atomic mass is 32.2. The van der Waals surface area contributed by atoms with Gasteiger partial charge in [0.2, 0.25) is 5.78 Å². The Kier molecular flexibility index (Phi) is 7.17. The van der Waals surface area contributed by atoms with Crippen LogP contribution < -0.4 is 16.9 Å². The number of Topliss-reactive ketones (excluding diaryl/α,β-unsaturated/α-hetero) is 1. The molecule has 6 rings (SSSR count). The zero-order valence-electron chi connectivity index (χ0n) is 22.9. The van der Waals surface area contributed by atoms with Gasteiger partial charge in [-0.1, -0.05) is 36.4 Å². The van der Waals surface area contributed by atoms with Crippen molar-refractivity contribution >= 4 is 87.8 Å². The second-order valence-corrected chi connectivity index (χ2v) is 12.8. The molecule has 0 spiro atoms. The standard InChI is InChI=1S/C30H22N6O7S2/c31-17-6-5-16-13-28(45(41,42)43)29(30(37)22(16)14-17)36-35-26-12-11-25(20-3-1-2-4-21(20)26)33-34-27-10-9-24(32)19-8-7-18(15-23(19)27)44(38,39)40/h1-15,35H,31-32H2,(H,38,39,40)(H,41,42,43)/b34-33?,36-29-. The number of hydrogen-bond acceptors (Lipinski definition) is 11. The topological polar surface area (TPSA) is 227 Å². The van der Waals surface area contributed by atoms with E-state index in [9.17, 15) is 30.7 Å². The van der Waals surface area contributed by atoms with Gasteiger partial charge in [-0.25, -0.2) is 0 Å². The lowest BCUT2D eigenvalue weighted by molar-refractivity contribution is 0.106. The molecule has 0 amide bonds. The Labute approximate surface area is 256 Å². The Bertz CT molecular complexity index is 2400. The summed E-state index contributed by atoms with van der Waals surface area (Å²) in [6, 6.07) is 21.7. The van der Waals surface area contributed by atoms with E-state index in [0.29, 0.717) is 50.0 Å². The third-order valence-corrected chi connectivity index (χ3v) is 8.80. The van der Waals surface area contributed by atoms with Crippen LogP contribution in [0.3, 0.4) is 0 Å². The number of hydrazone groups is 1. The summed E-state index contributed by atoms with van der Waals surface area (Å²) >= 11 is 0. The largest absolute Gasteiger partial charge is 0.399 e. The Morgan fingerprint density at radius 2 is 1.38 bits per heavy atom. The fourth-order valence-electron chi connectivity index (χ4n) is 4.92. The summed E-state index contributed by atoms with van der Waals surface area (Å²) in [5.74, 6) is -0.748. The average Bonchev–Trinajstić information content (AvgIpc) is 2.99. The van der Waals surface area contributed by atoms with Crippen LogP contribution >= 0.6 is 0 Å². The number of hydrogen-bond donors (Lipinski definition) is 5. The van der Waals surface area contributed by atoms with Crippen LogP contribution in [0.25, 0.3) is 27.6 Å². The molecule has 0 radical (unpaired) electrons. The van der Waals surface area contributed by atoms with Gasteiger partial charge in [-0.3, -0.25) is 19.3 Å². The van der Waals surface area contributed by atoms with E-state index in [2.05, 4.69) is 20.8 Å². The Morgan fingerprint density at radius 1 is 0.689 bits per heavy atom. The van der Waals surface area contributed by atoms with Gasteiger partial charge < -0.3 is 11.5 Å². The van der Waals surface area contributed by atoms with Crippen LogP contribution in [0.1, 0.15) is 15.9 Å². The van der Waals surface area contributed by atoms with E-state index in [1.807, 2.05) is 0 Å². The predicted octanol–water partition coefficient (Wildman–Crippen LogP) is 5.71. The molecule has 0 fully saturated rings. The Hall–Kier alpha value is -5.48. The van der Waals surface area contributed by atoms with Crippen molar-refractivity contribution in [3.05, 3.63) is 101 Å². The maximum atomic E-state index is 13.2. The van der Waals surface area contributed by atoms with Gasteiger partial charge in [0.05, 0.1) is 22.0 Å². The van der Waals surface area contributed by atoms with Gasteiger partial charge >= 0.3 is 0 Å². The van der Waals surface area contributed by atoms with Crippen molar-refractivity contribution in [3.63, 3.8) is 0 Å². The maximum absolute atomic E-state index is 13.2. The molecule has 226 valence electrons. The number of nitrogen functional groups attached to an aromatic ring is 2. The van der Waals surface area contributed by atoms with Gasteiger partial charge in [0.25, 0.3) is 20.2 Å². The lowest BCUT2D eigenvalue weighted by Crippen LogP contribution is -2.27. The van der Waals surface area contributed by atoms with Crippen LogP contribution in [-0.4, -0.2) is 37.4 Å². The molecule has 0 unspecified atom stereocenters. The van der Waals surface area contributed by atoms with Gasteiger partial charge in [0.15, 0.2) is 5.71 Å². The minimum atomic E-state index is -4.82. The maximum Gasteiger partial charge on any atom is 0.296 e. The smallest absolute Gasteiger partial charge is 0.296 e. The van der Waals surface area contributed by atoms with Crippen molar-refractivity contribution in [2.45, 2.75) is 4.90 Å². The molecular formula is C30H22N6O7S2. The van der Waals surface area contributed by atoms with Crippen LogP contribution in [-0.2, 0) is 20.2 Å². The van der Waals surface area contributed by atoms with E-state index in [4.69, 9.17) is 11.5 Å². The van der Waals surface area contributed by atoms with Gasteiger partial charge in [0, 0.05) is 38.5 Å². The van der Waals surface area contributed by atoms with Crippen molar-refractivity contribution in [1.29, 1.82) is 0 Å². The summed E-state index contributed by atoms with van der Waals surface area (Å²) in [6.45, 7) is 0. The third-order valence-electron chi connectivity index (χ3n) is 7.09. The number of nitrogens with one attached hydrogen (secondary N) is 1. The highest BCUT2D eigenvalue weighted by Gasteiger charge is 2.33. The van der Waals surface area contributed by atoms with E-state index in [0.717, 1.165) is 6.08 Å². The molecule has 0 saturated carbocycles. The number of anilines is 3. The van der Waals surface area contributed by atoms with Crippen molar-refractivity contribution in [3.8, 4) is 0 Å². The van der Waals surface area contributed by atoms with E-state index in [-0.39, 0.29) is 16.0 Å². The number of azo groups is 1. The number of nitrogens with zero attached hydrogens (tertiary/aromatic N) is 3. The van der Waals surface area contributed by atoms with Crippen LogP contribution in [0, 0.1) is 0 Å². The van der Waals surface area contributed by atoms with Crippen molar-refractivity contribution in [1.82, 2.24) is 0 Å². The molecular weight excluding hydrogens is 620 g/mol. The summed E-state index contributed by atoms with van der Waals surface area (Å²) < 4.78 is 67.2. The summed E-state index contributed by atoms with van der Waals surface area (Å²) in [5, 5.41) is 14.9. The average molecular weight is 643 g/mol. The zero-order chi connectivity index (χ0) is 32.1. The quantitative estimate of drug-likeness (QED) is 0.0655. The molecule has 0 aliphatic heterocycles. The molecule has 7 N–H and O–H groups in total. The molecule has 0 atom stereocenters. The molecule has 15 heteroatoms. The summed E-state index contributed by atoms with van der Waals surface area (Å²) in [7, 11) is -9.30. The number of carbonyl (C=O) groups is 1. The first-order valence-corrected chi connectivity index (χ1v) is 15.9. The molecule has 5 aromatic carbocycles. The highest BCUT2D eigenvalue weighted by Crippen LogP contribution is 2.36. The first kappa shape index (κ1) is 29.6. The van der Waals surface area contributed by atoms with E-state index in [1.54, 1.807) is 48.5 Å². The molecule has 45 heavy (non-hydrogen) atoms. The minimum absolute atomic E-state index is 0.127. The van der Waals surface area contributed by atoms with Gasteiger partial charge in [0.1, 0.15) is 4.91 Å².